The second kappa shape index (κ2) is 7.27. The molecule has 6 heteroatoms. The van der Waals surface area contributed by atoms with Gasteiger partial charge in [0.05, 0.1) is 16.2 Å². The number of halogens is 1. The molecule has 0 saturated carbocycles. The molecule has 0 spiro atoms. The molecule has 2 aromatic heterocycles. The summed E-state index contributed by atoms with van der Waals surface area (Å²) in [5.74, 6) is 0. The van der Waals surface area contributed by atoms with Crippen molar-refractivity contribution in [3.05, 3.63) is 62.9 Å². The molecular weight excluding hydrogens is 330 g/mol. The zero-order valence-electron chi connectivity index (χ0n) is 12.7. The summed E-state index contributed by atoms with van der Waals surface area (Å²) < 4.78 is 0.690. The van der Waals surface area contributed by atoms with Crippen molar-refractivity contribution in [2.45, 2.75) is 19.6 Å². The van der Waals surface area contributed by atoms with Crippen LogP contribution in [0.2, 0.25) is 4.34 Å². The Morgan fingerprint density at radius 1 is 1.26 bits per heavy atom. The topological polar surface area (TPSA) is 60.9 Å². The average Bonchev–Trinajstić information content (AvgIpc) is 3.17. The van der Waals surface area contributed by atoms with E-state index in [0.717, 1.165) is 21.7 Å². The van der Waals surface area contributed by atoms with Gasteiger partial charge >= 0.3 is 0 Å². The summed E-state index contributed by atoms with van der Waals surface area (Å²) in [5.41, 5.74) is 4.41. The third kappa shape index (κ3) is 4.00. The molecule has 120 valence electrons. The summed E-state index contributed by atoms with van der Waals surface area (Å²) in [7, 11) is 0. The standard InChI is InChI=1S/C17H18ClN3OS/c1-11-2-4-12(5-3-11)17-13(9-20-21-17)8-19-10-14(22)15-6-7-16(18)23-15/h2-7,9,14,19,22H,8,10H2,1H3,(H,20,21). The number of aliphatic hydroxyl groups is 1. The molecule has 23 heavy (non-hydrogen) atoms. The molecule has 0 bridgehead atoms. The maximum atomic E-state index is 10.1. The largest absolute Gasteiger partial charge is 0.386 e. The van der Waals surface area contributed by atoms with Crippen LogP contribution in [-0.4, -0.2) is 21.8 Å². The normalized spacial score (nSPS) is 12.5. The van der Waals surface area contributed by atoms with E-state index in [1.54, 1.807) is 6.07 Å². The molecule has 0 aliphatic heterocycles. The van der Waals surface area contributed by atoms with Crippen molar-refractivity contribution in [3.8, 4) is 11.3 Å². The van der Waals surface area contributed by atoms with Gasteiger partial charge in [-0.15, -0.1) is 11.3 Å². The predicted molar refractivity (Wildman–Crippen MR) is 94.8 cm³/mol. The average molecular weight is 348 g/mol. The van der Waals surface area contributed by atoms with Gasteiger partial charge in [0.2, 0.25) is 0 Å². The first-order chi connectivity index (χ1) is 11.1. The lowest BCUT2D eigenvalue weighted by Crippen LogP contribution is -2.20. The number of H-pyrrole nitrogens is 1. The van der Waals surface area contributed by atoms with Crippen molar-refractivity contribution >= 4 is 22.9 Å². The van der Waals surface area contributed by atoms with Crippen LogP contribution in [0.4, 0.5) is 0 Å². The SMILES string of the molecule is Cc1ccc(-c2[nH]ncc2CNCC(O)c2ccc(Cl)s2)cc1. The summed E-state index contributed by atoms with van der Waals surface area (Å²) in [4.78, 5) is 0.869. The van der Waals surface area contributed by atoms with E-state index < -0.39 is 6.10 Å². The van der Waals surface area contributed by atoms with Crippen LogP contribution < -0.4 is 5.32 Å². The van der Waals surface area contributed by atoms with Crippen molar-refractivity contribution in [3.63, 3.8) is 0 Å². The van der Waals surface area contributed by atoms with Crippen LogP contribution in [0.25, 0.3) is 11.3 Å². The fourth-order valence-corrected chi connectivity index (χ4v) is 3.41. The van der Waals surface area contributed by atoms with Gasteiger partial charge in [-0.3, -0.25) is 5.10 Å². The van der Waals surface area contributed by atoms with E-state index in [1.807, 2.05) is 12.3 Å². The minimum absolute atomic E-state index is 0.468. The Morgan fingerprint density at radius 3 is 2.74 bits per heavy atom. The lowest BCUT2D eigenvalue weighted by atomic mass is 10.1. The predicted octanol–water partition coefficient (Wildman–Crippen LogP) is 3.92. The number of aromatic nitrogens is 2. The molecule has 0 aliphatic rings. The van der Waals surface area contributed by atoms with Crippen LogP contribution in [0, 0.1) is 6.92 Å². The van der Waals surface area contributed by atoms with Gasteiger partial charge in [0, 0.05) is 23.5 Å². The first kappa shape index (κ1) is 16.2. The molecule has 3 aromatic rings. The van der Waals surface area contributed by atoms with E-state index in [4.69, 9.17) is 11.6 Å². The summed E-state index contributed by atoms with van der Waals surface area (Å²) in [6, 6.07) is 12.0. The van der Waals surface area contributed by atoms with Crippen LogP contribution >= 0.6 is 22.9 Å². The Balaban J connectivity index is 1.61. The van der Waals surface area contributed by atoms with Gasteiger partial charge in [-0.1, -0.05) is 41.4 Å². The Hall–Kier alpha value is -1.66. The van der Waals surface area contributed by atoms with Gasteiger partial charge in [-0.05, 0) is 24.6 Å². The van der Waals surface area contributed by atoms with Gasteiger partial charge in [0.15, 0.2) is 0 Å². The highest BCUT2D eigenvalue weighted by molar-refractivity contribution is 7.16. The van der Waals surface area contributed by atoms with Crippen molar-refractivity contribution in [2.75, 3.05) is 6.54 Å². The number of aryl methyl sites for hydroxylation is 1. The Labute approximate surface area is 144 Å². The fourth-order valence-electron chi connectivity index (χ4n) is 2.37. The zero-order valence-corrected chi connectivity index (χ0v) is 14.3. The summed E-state index contributed by atoms with van der Waals surface area (Å²) in [6.07, 6.45) is 1.26. The van der Waals surface area contributed by atoms with E-state index in [2.05, 4.69) is 46.7 Å². The number of thiophene rings is 1. The molecule has 0 saturated heterocycles. The molecule has 3 rings (SSSR count). The smallest absolute Gasteiger partial charge is 0.101 e. The Morgan fingerprint density at radius 2 is 2.04 bits per heavy atom. The van der Waals surface area contributed by atoms with E-state index in [-0.39, 0.29) is 0 Å². The van der Waals surface area contributed by atoms with Crippen molar-refractivity contribution < 1.29 is 5.11 Å². The van der Waals surface area contributed by atoms with Crippen molar-refractivity contribution in [1.82, 2.24) is 15.5 Å². The second-order valence-corrected chi connectivity index (χ2v) is 7.17. The number of hydrogen-bond acceptors (Lipinski definition) is 4. The lowest BCUT2D eigenvalue weighted by Gasteiger charge is -2.10. The number of benzene rings is 1. The van der Waals surface area contributed by atoms with E-state index in [0.29, 0.717) is 17.4 Å². The monoisotopic (exact) mass is 347 g/mol. The molecule has 1 unspecified atom stereocenters. The zero-order chi connectivity index (χ0) is 16.2. The van der Waals surface area contributed by atoms with E-state index >= 15 is 0 Å². The third-order valence-electron chi connectivity index (χ3n) is 3.63. The minimum atomic E-state index is -0.553. The van der Waals surface area contributed by atoms with Crippen LogP contribution in [0.1, 0.15) is 22.1 Å². The van der Waals surface area contributed by atoms with E-state index in [9.17, 15) is 5.11 Å². The van der Waals surface area contributed by atoms with Crippen molar-refractivity contribution in [2.24, 2.45) is 0 Å². The third-order valence-corrected chi connectivity index (χ3v) is 4.97. The first-order valence-corrected chi connectivity index (χ1v) is 8.56. The van der Waals surface area contributed by atoms with Crippen LogP contribution in [0.5, 0.6) is 0 Å². The highest BCUT2D eigenvalue weighted by Gasteiger charge is 2.11. The molecule has 3 N–H and O–H groups in total. The molecule has 1 atom stereocenters. The molecule has 0 amide bonds. The molecular formula is C17H18ClN3OS. The molecule has 2 heterocycles. The highest BCUT2D eigenvalue weighted by atomic mass is 35.5. The van der Waals surface area contributed by atoms with Crippen LogP contribution in [0.3, 0.4) is 0 Å². The maximum Gasteiger partial charge on any atom is 0.101 e. The van der Waals surface area contributed by atoms with Gasteiger partial charge < -0.3 is 10.4 Å². The number of aliphatic hydroxyl groups excluding tert-OH is 1. The van der Waals surface area contributed by atoms with Gasteiger partial charge in [-0.25, -0.2) is 0 Å². The fraction of sp³-hybridized carbons (Fsp3) is 0.235. The molecule has 0 aliphatic carbocycles. The highest BCUT2D eigenvalue weighted by Crippen LogP contribution is 2.26. The van der Waals surface area contributed by atoms with Crippen molar-refractivity contribution in [1.29, 1.82) is 0 Å². The first-order valence-electron chi connectivity index (χ1n) is 7.37. The molecule has 0 radical (unpaired) electrons. The maximum absolute atomic E-state index is 10.1. The summed E-state index contributed by atoms with van der Waals surface area (Å²) >= 11 is 7.30. The number of aromatic amines is 1. The van der Waals surface area contributed by atoms with Gasteiger partial charge in [0.1, 0.15) is 6.10 Å². The Bertz CT molecular complexity index is 766. The van der Waals surface area contributed by atoms with Crippen LogP contribution in [0.15, 0.2) is 42.6 Å². The van der Waals surface area contributed by atoms with E-state index in [1.165, 1.54) is 16.9 Å². The summed E-state index contributed by atoms with van der Waals surface area (Å²) in [6.45, 7) is 3.17. The number of rotatable bonds is 6. The molecule has 1 aromatic carbocycles. The van der Waals surface area contributed by atoms with Gasteiger partial charge in [-0.2, -0.15) is 5.10 Å². The van der Waals surface area contributed by atoms with Gasteiger partial charge in [0.25, 0.3) is 0 Å². The summed E-state index contributed by atoms with van der Waals surface area (Å²) in [5, 5.41) is 20.6. The Kier molecular flexibility index (Phi) is 5.13. The second-order valence-electron chi connectivity index (χ2n) is 5.42. The minimum Gasteiger partial charge on any atom is -0.386 e. The number of nitrogens with zero attached hydrogens (tertiary/aromatic N) is 1. The quantitative estimate of drug-likeness (QED) is 0.633. The molecule has 0 fully saturated rings. The molecule has 4 nitrogen and oxygen atoms in total. The van der Waals surface area contributed by atoms with Crippen LogP contribution in [-0.2, 0) is 6.54 Å². The number of hydrogen-bond donors (Lipinski definition) is 3. The lowest BCUT2D eigenvalue weighted by molar-refractivity contribution is 0.178. The number of nitrogens with one attached hydrogen (secondary N) is 2.